The Kier molecular flexibility index (Phi) is 7.31. The van der Waals surface area contributed by atoms with Crippen molar-refractivity contribution in [1.29, 1.82) is 0 Å². The molecule has 3 aliphatic carbocycles. The van der Waals surface area contributed by atoms with Crippen molar-refractivity contribution in [3.63, 3.8) is 0 Å². The molecule has 3 fully saturated rings. The van der Waals surface area contributed by atoms with E-state index < -0.39 is 59.0 Å². The number of rotatable bonds is 8. The van der Waals surface area contributed by atoms with E-state index in [0.717, 1.165) is 6.07 Å². The number of nitrogens with one attached hydrogen (secondary N) is 2. The molecular formula is C25H25F5N2O5. The van der Waals surface area contributed by atoms with Crippen LogP contribution in [0.5, 0.6) is 11.5 Å². The van der Waals surface area contributed by atoms with Gasteiger partial charge in [0, 0.05) is 5.54 Å². The number of fused-ring (bicyclic) bond motifs is 3. The number of benzene rings is 2. The SMILES string of the molecule is O=C(COc1ccc(F)cc1)NC12CCC(NC(=O)COc3ccc(F)c(C(F)(F)F)c3)(CC1)[C@H](O)C2. The Hall–Kier alpha value is -3.41. The van der Waals surface area contributed by atoms with E-state index in [1.54, 1.807) is 0 Å². The summed E-state index contributed by atoms with van der Waals surface area (Å²) < 4.78 is 75.5. The smallest absolute Gasteiger partial charge is 0.419 e. The van der Waals surface area contributed by atoms with Crippen molar-refractivity contribution in [2.24, 2.45) is 0 Å². The summed E-state index contributed by atoms with van der Waals surface area (Å²) in [7, 11) is 0. The average Bonchev–Trinajstić information content (AvgIpc) is 2.83. The van der Waals surface area contributed by atoms with Gasteiger partial charge < -0.3 is 25.2 Å². The minimum absolute atomic E-state index is 0.184. The molecule has 0 heterocycles. The van der Waals surface area contributed by atoms with E-state index in [4.69, 9.17) is 9.47 Å². The molecule has 2 aromatic carbocycles. The molecule has 3 saturated carbocycles. The van der Waals surface area contributed by atoms with E-state index in [9.17, 15) is 36.6 Å². The van der Waals surface area contributed by atoms with Crippen LogP contribution in [0.4, 0.5) is 22.0 Å². The van der Waals surface area contributed by atoms with E-state index in [1.807, 2.05) is 0 Å². The predicted molar refractivity (Wildman–Crippen MR) is 120 cm³/mol. The van der Waals surface area contributed by atoms with Crippen LogP contribution in [-0.2, 0) is 15.8 Å². The van der Waals surface area contributed by atoms with Gasteiger partial charge in [-0.25, -0.2) is 8.78 Å². The van der Waals surface area contributed by atoms with Crippen LogP contribution in [-0.4, -0.2) is 47.3 Å². The molecule has 1 atom stereocenters. The highest BCUT2D eigenvalue weighted by atomic mass is 19.4. The first-order valence-corrected chi connectivity index (χ1v) is 11.6. The molecule has 2 amide bonds. The van der Waals surface area contributed by atoms with E-state index in [1.165, 1.54) is 24.3 Å². The van der Waals surface area contributed by atoms with Gasteiger partial charge in [0.2, 0.25) is 0 Å². The minimum atomic E-state index is -4.91. The number of carbonyl (C=O) groups excluding carboxylic acids is 2. The van der Waals surface area contributed by atoms with Gasteiger partial charge in [-0.2, -0.15) is 13.2 Å². The van der Waals surface area contributed by atoms with Gasteiger partial charge in [-0.15, -0.1) is 0 Å². The zero-order valence-electron chi connectivity index (χ0n) is 19.5. The number of aliphatic hydroxyl groups excluding tert-OH is 1. The molecule has 0 saturated heterocycles. The Morgan fingerprint density at radius 1 is 0.892 bits per heavy atom. The van der Waals surface area contributed by atoms with Crippen LogP contribution < -0.4 is 20.1 Å². The zero-order chi connectivity index (χ0) is 26.8. The quantitative estimate of drug-likeness (QED) is 0.456. The number of carbonyl (C=O) groups is 2. The van der Waals surface area contributed by atoms with E-state index in [0.29, 0.717) is 43.6 Å². The van der Waals surface area contributed by atoms with Crippen molar-refractivity contribution in [3.8, 4) is 11.5 Å². The van der Waals surface area contributed by atoms with Crippen LogP contribution in [0.15, 0.2) is 42.5 Å². The van der Waals surface area contributed by atoms with Crippen LogP contribution in [0.3, 0.4) is 0 Å². The Morgan fingerprint density at radius 3 is 2.05 bits per heavy atom. The van der Waals surface area contributed by atoms with Gasteiger partial charge in [0.25, 0.3) is 11.8 Å². The molecule has 3 N–H and O–H groups in total. The number of amides is 2. The second-order valence-corrected chi connectivity index (χ2v) is 9.42. The Bertz CT molecular complexity index is 1150. The maximum atomic E-state index is 13.4. The fourth-order valence-corrected chi connectivity index (χ4v) is 4.95. The van der Waals surface area contributed by atoms with Crippen molar-refractivity contribution in [1.82, 2.24) is 10.6 Å². The summed E-state index contributed by atoms with van der Waals surface area (Å²) in [6, 6.07) is 7.30. The highest BCUT2D eigenvalue weighted by molar-refractivity contribution is 5.79. The van der Waals surface area contributed by atoms with Gasteiger partial charge in [-0.1, -0.05) is 0 Å². The fraction of sp³-hybridized carbons (Fsp3) is 0.440. The lowest BCUT2D eigenvalue weighted by Crippen LogP contribution is -2.70. The summed E-state index contributed by atoms with van der Waals surface area (Å²) in [6.07, 6.45) is -4.06. The molecule has 37 heavy (non-hydrogen) atoms. The molecule has 2 bridgehead atoms. The summed E-state index contributed by atoms with van der Waals surface area (Å²) in [5.41, 5.74) is -3.13. The highest BCUT2D eigenvalue weighted by Crippen LogP contribution is 2.47. The van der Waals surface area contributed by atoms with Crippen LogP contribution in [0.25, 0.3) is 0 Å². The molecule has 0 aliphatic heterocycles. The molecule has 0 aromatic heterocycles. The first-order valence-electron chi connectivity index (χ1n) is 11.6. The molecule has 12 heteroatoms. The van der Waals surface area contributed by atoms with Crippen molar-refractivity contribution in [2.45, 2.75) is 55.5 Å². The summed E-state index contributed by atoms with van der Waals surface area (Å²) in [5.74, 6) is -2.92. The third-order valence-electron chi connectivity index (χ3n) is 6.91. The number of aliphatic hydroxyl groups is 1. The topological polar surface area (TPSA) is 96.9 Å². The van der Waals surface area contributed by atoms with Crippen LogP contribution in [0, 0.1) is 11.6 Å². The van der Waals surface area contributed by atoms with Gasteiger partial charge in [0.15, 0.2) is 13.2 Å². The van der Waals surface area contributed by atoms with Crippen molar-refractivity contribution < 1.29 is 46.1 Å². The van der Waals surface area contributed by atoms with Crippen LogP contribution in [0.1, 0.15) is 37.7 Å². The molecule has 0 unspecified atom stereocenters. The van der Waals surface area contributed by atoms with Gasteiger partial charge in [0.05, 0.1) is 17.2 Å². The normalized spacial score (nSPS) is 24.9. The largest absolute Gasteiger partial charge is 0.484 e. The van der Waals surface area contributed by atoms with E-state index >= 15 is 0 Å². The first kappa shape index (κ1) is 26.6. The van der Waals surface area contributed by atoms with E-state index in [2.05, 4.69) is 10.6 Å². The monoisotopic (exact) mass is 528 g/mol. The highest BCUT2D eigenvalue weighted by Gasteiger charge is 2.55. The fourth-order valence-electron chi connectivity index (χ4n) is 4.95. The van der Waals surface area contributed by atoms with Gasteiger partial charge in [-0.05, 0) is 74.6 Å². The Labute approximate surface area is 208 Å². The standard InChI is InChI=1S/C25H25F5N2O5/c26-15-1-3-16(4-2-15)36-13-21(34)31-23-7-9-24(10-8-23,20(33)12-23)32-22(35)14-37-17-5-6-19(27)18(11-17)25(28,29)30/h1-6,11,20,33H,7-10,12-14H2,(H,31,34)(H,32,35)/t20-,23?,24?/m1/s1. The molecular weight excluding hydrogens is 503 g/mol. The molecule has 2 aromatic rings. The maximum Gasteiger partial charge on any atom is 0.419 e. The zero-order valence-corrected chi connectivity index (χ0v) is 19.5. The lowest BCUT2D eigenvalue weighted by atomic mass is 9.60. The lowest BCUT2D eigenvalue weighted by Gasteiger charge is -2.56. The average molecular weight is 528 g/mol. The van der Waals surface area contributed by atoms with Crippen molar-refractivity contribution >= 4 is 11.8 Å². The molecule has 0 spiro atoms. The second-order valence-electron chi connectivity index (χ2n) is 9.42. The number of ether oxygens (including phenoxy) is 2. The molecule has 5 rings (SSSR count). The third kappa shape index (κ3) is 6.12. The summed E-state index contributed by atoms with van der Waals surface area (Å²) in [6.45, 7) is -0.915. The van der Waals surface area contributed by atoms with Gasteiger partial charge in [0.1, 0.15) is 23.1 Å². The number of alkyl halides is 3. The van der Waals surface area contributed by atoms with Crippen molar-refractivity contribution in [2.75, 3.05) is 13.2 Å². The molecule has 3 aliphatic rings. The molecule has 200 valence electrons. The maximum absolute atomic E-state index is 13.4. The summed E-state index contributed by atoms with van der Waals surface area (Å²) >= 11 is 0. The summed E-state index contributed by atoms with van der Waals surface area (Å²) in [5, 5.41) is 16.5. The second kappa shape index (κ2) is 10.2. The summed E-state index contributed by atoms with van der Waals surface area (Å²) in [4.78, 5) is 25.0. The van der Waals surface area contributed by atoms with Crippen LogP contribution >= 0.6 is 0 Å². The van der Waals surface area contributed by atoms with Gasteiger partial charge >= 0.3 is 6.18 Å². The molecule has 0 radical (unpaired) electrons. The Morgan fingerprint density at radius 2 is 1.46 bits per heavy atom. The lowest BCUT2D eigenvalue weighted by molar-refractivity contribution is -0.140. The Balaban J connectivity index is 1.28. The number of hydrogen-bond donors (Lipinski definition) is 3. The van der Waals surface area contributed by atoms with Crippen molar-refractivity contribution in [3.05, 3.63) is 59.7 Å². The number of hydrogen-bond acceptors (Lipinski definition) is 5. The molecule has 7 nitrogen and oxygen atoms in total. The number of halogens is 5. The predicted octanol–water partition coefficient (Wildman–Crippen LogP) is 3.49. The van der Waals surface area contributed by atoms with Gasteiger partial charge in [-0.3, -0.25) is 9.59 Å². The minimum Gasteiger partial charge on any atom is -0.484 e. The first-order chi connectivity index (χ1) is 17.4. The van der Waals surface area contributed by atoms with E-state index in [-0.39, 0.29) is 18.8 Å². The third-order valence-corrected chi connectivity index (χ3v) is 6.91. The van der Waals surface area contributed by atoms with Crippen LogP contribution in [0.2, 0.25) is 0 Å².